The molecule has 0 bridgehead atoms. The molecule has 0 radical (unpaired) electrons. The van der Waals surface area contributed by atoms with Gasteiger partial charge >= 0.3 is 0 Å². The molecule has 0 atom stereocenters. The van der Waals surface area contributed by atoms with Crippen LogP contribution < -0.4 is 5.73 Å². The summed E-state index contributed by atoms with van der Waals surface area (Å²) in [6.45, 7) is 0. The molecule has 1 fully saturated rings. The van der Waals surface area contributed by atoms with Crippen LogP contribution in [0.2, 0.25) is 0 Å². The van der Waals surface area contributed by atoms with Crippen molar-refractivity contribution < 1.29 is 0 Å². The van der Waals surface area contributed by atoms with Gasteiger partial charge in [-0.05, 0) is 5.92 Å². The number of hydrogen-bond donors (Lipinski definition) is 1. The maximum absolute atomic E-state index is 5.47. The van der Waals surface area contributed by atoms with Crippen LogP contribution in [0.15, 0.2) is 6.33 Å². The molecule has 1 aromatic heterocycles. The quantitative estimate of drug-likeness (QED) is 0.738. The molecule has 13 heavy (non-hydrogen) atoms. The molecule has 1 aromatic rings. The van der Waals surface area contributed by atoms with Gasteiger partial charge in [0, 0.05) is 6.42 Å². The highest BCUT2D eigenvalue weighted by Gasteiger charge is 2.16. The van der Waals surface area contributed by atoms with Crippen molar-refractivity contribution in [3.8, 4) is 0 Å². The molecule has 0 aromatic carbocycles. The van der Waals surface area contributed by atoms with Crippen LogP contribution in [0, 0.1) is 5.92 Å². The lowest BCUT2D eigenvalue weighted by molar-refractivity contribution is 0.529. The first-order valence-corrected chi connectivity index (χ1v) is 4.78. The van der Waals surface area contributed by atoms with Crippen LogP contribution >= 0.6 is 0 Å². The third-order valence-electron chi connectivity index (χ3n) is 2.59. The van der Waals surface area contributed by atoms with Crippen LogP contribution in [0.25, 0.3) is 0 Å². The first kappa shape index (κ1) is 8.41. The third kappa shape index (κ3) is 2.14. The number of aromatic nitrogens is 3. The molecule has 0 saturated heterocycles. The predicted octanol–water partition coefficient (Wildman–Crippen LogP) is 1.19. The summed E-state index contributed by atoms with van der Waals surface area (Å²) in [7, 11) is 0. The lowest BCUT2D eigenvalue weighted by Gasteiger charge is -2.06. The molecule has 2 rings (SSSR count). The van der Waals surface area contributed by atoms with Gasteiger partial charge in [0.15, 0.2) is 0 Å². The van der Waals surface area contributed by atoms with E-state index in [4.69, 9.17) is 5.73 Å². The fourth-order valence-electron chi connectivity index (χ4n) is 1.92. The van der Waals surface area contributed by atoms with Gasteiger partial charge in [0.25, 0.3) is 0 Å². The van der Waals surface area contributed by atoms with E-state index >= 15 is 0 Å². The lowest BCUT2D eigenvalue weighted by Crippen LogP contribution is -2.06. The van der Waals surface area contributed by atoms with Gasteiger partial charge in [-0.3, -0.25) is 0 Å². The first-order valence-electron chi connectivity index (χ1n) is 4.78. The zero-order valence-corrected chi connectivity index (χ0v) is 7.61. The van der Waals surface area contributed by atoms with Gasteiger partial charge in [-0.1, -0.05) is 25.7 Å². The predicted molar refractivity (Wildman–Crippen MR) is 49.9 cm³/mol. The van der Waals surface area contributed by atoms with E-state index in [-0.39, 0.29) is 0 Å². The average molecular weight is 178 g/mol. The van der Waals surface area contributed by atoms with Crippen molar-refractivity contribution in [2.45, 2.75) is 32.1 Å². The molecule has 1 aliphatic carbocycles. The fraction of sp³-hybridized carbons (Fsp3) is 0.667. The fourth-order valence-corrected chi connectivity index (χ4v) is 1.92. The Balaban J connectivity index is 2.00. The van der Waals surface area contributed by atoms with Crippen LogP contribution in [0.5, 0.6) is 0 Å². The Labute approximate surface area is 77.6 Å². The molecule has 4 nitrogen and oxygen atoms in total. The van der Waals surface area contributed by atoms with E-state index in [0.717, 1.165) is 18.2 Å². The molecule has 0 spiro atoms. The number of nitrogens with zero attached hydrogens (tertiary/aromatic N) is 3. The summed E-state index contributed by atoms with van der Waals surface area (Å²) in [5, 5.41) is 0. The molecule has 1 saturated carbocycles. The largest absolute Gasteiger partial charge is 0.368 e. The van der Waals surface area contributed by atoms with E-state index in [1.807, 2.05) is 0 Å². The Morgan fingerprint density at radius 1 is 1.31 bits per heavy atom. The Morgan fingerprint density at radius 2 is 2.08 bits per heavy atom. The molecule has 70 valence electrons. The van der Waals surface area contributed by atoms with Crippen LogP contribution in [0.3, 0.4) is 0 Å². The molecule has 2 N–H and O–H groups in total. The monoisotopic (exact) mass is 178 g/mol. The summed E-state index contributed by atoms with van der Waals surface area (Å²) < 4.78 is 0. The second-order valence-corrected chi connectivity index (χ2v) is 3.61. The average Bonchev–Trinajstić information content (AvgIpc) is 2.57. The zero-order chi connectivity index (χ0) is 9.10. The molecule has 4 heteroatoms. The molecule has 0 aliphatic heterocycles. The minimum Gasteiger partial charge on any atom is -0.368 e. The molecular weight excluding hydrogens is 164 g/mol. The van der Waals surface area contributed by atoms with E-state index in [2.05, 4.69) is 15.0 Å². The van der Waals surface area contributed by atoms with Crippen molar-refractivity contribution in [1.82, 2.24) is 15.0 Å². The summed E-state index contributed by atoms with van der Waals surface area (Å²) in [5.74, 6) is 1.95. The van der Waals surface area contributed by atoms with Crippen LogP contribution in [0.4, 0.5) is 5.95 Å². The smallest absolute Gasteiger partial charge is 0.223 e. The summed E-state index contributed by atoms with van der Waals surface area (Å²) in [6, 6.07) is 0. The molecular formula is C9H14N4. The Bertz CT molecular complexity index is 281. The van der Waals surface area contributed by atoms with Crippen molar-refractivity contribution in [1.29, 1.82) is 0 Å². The number of nitrogen functional groups attached to an aromatic ring is 1. The third-order valence-corrected chi connectivity index (χ3v) is 2.59. The van der Waals surface area contributed by atoms with Gasteiger partial charge in [0.1, 0.15) is 12.2 Å². The van der Waals surface area contributed by atoms with E-state index in [9.17, 15) is 0 Å². The number of nitrogens with two attached hydrogens (primary N) is 1. The highest BCUT2D eigenvalue weighted by Crippen LogP contribution is 2.26. The van der Waals surface area contributed by atoms with Gasteiger partial charge < -0.3 is 5.73 Å². The standard InChI is InChI=1S/C9H14N4/c10-9-12-6-11-8(13-9)5-7-3-1-2-4-7/h6-7H,1-5H2,(H2,10,11,12,13). The lowest BCUT2D eigenvalue weighted by atomic mass is 10.0. The second-order valence-electron chi connectivity index (χ2n) is 3.61. The molecule has 0 unspecified atom stereocenters. The first-order chi connectivity index (χ1) is 6.34. The summed E-state index contributed by atoms with van der Waals surface area (Å²) >= 11 is 0. The van der Waals surface area contributed by atoms with E-state index < -0.39 is 0 Å². The molecule has 1 aliphatic rings. The second kappa shape index (κ2) is 3.68. The van der Waals surface area contributed by atoms with E-state index in [1.165, 1.54) is 32.0 Å². The minimum atomic E-state index is 0.336. The van der Waals surface area contributed by atoms with Crippen LogP contribution in [-0.4, -0.2) is 15.0 Å². The van der Waals surface area contributed by atoms with Crippen molar-refractivity contribution in [2.24, 2.45) is 5.92 Å². The molecule has 0 amide bonds. The van der Waals surface area contributed by atoms with Gasteiger partial charge in [-0.2, -0.15) is 4.98 Å². The highest BCUT2D eigenvalue weighted by atomic mass is 15.1. The maximum atomic E-state index is 5.47. The normalized spacial score (nSPS) is 17.8. The SMILES string of the molecule is Nc1ncnc(CC2CCCC2)n1. The minimum absolute atomic E-state index is 0.336. The van der Waals surface area contributed by atoms with E-state index in [1.54, 1.807) is 0 Å². The number of rotatable bonds is 2. The highest BCUT2D eigenvalue weighted by molar-refractivity contribution is 5.12. The Kier molecular flexibility index (Phi) is 2.38. The summed E-state index contributed by atoms with van der Waals surface area (Å²) in [4.78, 5) is 12.0. The van der Waals surface area contributed by atoms with Gasteiger partial charge in [-0.15, -0.1) is 0 Å². The van der Waals surface area contributed by atoms with Gasteiger partial charge in [0.2, 0.25) is 5.95 Å². The van der Waals surface area contributed by atoms with Crippen LogP contribution in [0.1, 0.15) is 31.5 Å². The molecule has 1 heterocycles. The topological polar surface area (TPSA) is 64.7 Å². The Hall–Kier alpha value is -1.19. The van der Waals surface area contributed by atoms with Crippen molar-refractivity contribution >= 4 is 5.95 Å². The van der Waals surface area contributed by atoms with Gasteiger partial charge in [-0.25, -0.2) is 9.97 Å². The number of hydrogen-bond acceptors (Lipinski definition) is 4. The summed E-state index contributed by atoms with van der Waals surface area (Å²) in [5.41, 5.74) is 5.47. The maximum Gasteiger partial charge on any atom is 0.223 e. The van der Waals surface area contributed by atoms with Crippen molar-refractivity contribution in [3.63, 3.8) is 0 Å². The Morgan fingerprint density at radius 3 is 2.77 bits per heavy atom. The van der Waals surface area contributed by atoms with Crippen molar-refractivity contribution in [3.05, 3.63) is 12.2 Å². The van der Waals surface area contributed by atoms with E-state index in [0.29, 0.717) is 5.95 Å². The summed E-state index contributed by atoms with van der Waals surface area (Å²) in [6.07, 6.45) is 7.78. The van der Waals surface area contributed by atoms with Crippen molar-refractivity contribution in [2.75, 3.05) is 5.73 Å². The van der Waals surface area contributed by atoms with Crippen LogP contribution in [-0.2, 0) is 6.42 Å². The zero-order valence-electron chi connectivity index (χ0n) is 7.61. The van der Waals surface area contributed by atoms with Gasteiger partial charge in [0.05, 0.1) is 0 Å². The number of anilines is 1.